The van der Waals surface area contributed by atoms with Gasteiger partial charge in [-0.15, -0.1) is 0 Å². The number of aromatic nitrogens is 1. The van der Waals surface area contributed by atoms with Gasteiger partial charge in [-0.25, -0.2) is 4.98 Å². The molecule has 23 heteroatoms. The number of carboxylic acids is 1. The topological polar surface area (TPSA) is 333 Å². The van der Waals surface area contributed by atoms with Crippen molar-refractivity contribution in [3.8, 4) is 0 Å². The van der Waals surface area contributed by atoms with Crippen molar-refractivity contribution in [2.45, 2.75) is 129 Å². The van der Waals surface area contributed by atoms with Gasteiger partial charge in [-0.1, -0.05) is 29.3 Å². The van der Waals surface area contributed by atoms with Crippen molar-refractivity contribution >= 4 is 70.0 Å². The first-order valence-corrected chi connectivity index (χ1v) is 22.3. The second-order valence-electron chi connectivity index (χ2n) is 16.8. The fraction of sp³-hybridized carbons (Fsp3) is 0.591. The maximum Gasteiger partial charge on any atom is 7.00 e. The molecule has 2 unspecified atom stereocenters. The third kappa shape index (κ3) is 26.6. The van der Waals surface area contributed by atoms with E-state index in [2.05, 4.69) is 52.5 Å². The first-order chi connectivity index (χ1) is 30.3. The number of carbonyl (C=O) groups excluding carboxylic acids is 5. The molecule has 0 fully saturated rings. The van der Waals surface area contributed by atoms with E-state index < -0.39 is 53.3 Å². The molecular weight excluding hydrogens is 998 g/mol. The smallest absolute Gasteiger partial charge is 2.00 e. The quantitative estimate of drug-likeness (QED) is 0.0320. The number of unbranched alkanes of at least 4 members (excludes halogenated alkanes) is 1. The average Bonchev–Trinajstić information content (AvgIpc) is 3.23. The average molecular weight is 1060 g/mol. The second kappa shape index (κ2) is 33.9. The van der Waals surface area contributed by atoms with Gasteiger partial charge < -0.3 is 78.8 Å². The first kappa shape index (κ1) is 64.6. The molecule has 0 bridgehead atoms. The second-order valence-corrected chi connectivity index (χ2v) is 17.6. The van der Waals surface area contributed by atoms with Gasteiger partial charge in [0.05, 0.1) is 17.1 Å². The van der Waals surface area contributed by atoms with Crippen molar-refractivity contribution in [3.05, 3.63) is 68.6 Å². The molecule has 2 rings (SSSR count). The van der Waals surface area contributed by atoms with Gasteiger partial charge >= 0.3 is 20.1 Å². The van der Waals surface area contributed by atoms with E-state index >= 15 is 0 Å². The molecule has 67 heavy (non-hydrogen) atoms. The standard InChI is InChI=1S/C44H68Cl2N10O8.2O.Tc/c1-29(55-63)43(3,4)51-22-17-31(18-23-52-44(5,6)30(2)56-64)16-21-49-38(57)14-11-15-39(58)50-28-36(53-40(59)13-8-10-20-48-37-12-7-9-19-47-37)42(62)54-35(27-41(60)61)32-24-33(45)26-34(46)25-32;;;/h7,9,12,19,24-26,31,35-36,51-52,63-64H,8,10-11,13-18,20-23,27-28H2,1-6H3,(H,47,48)(H,49,57)(H,50,58)(H,53,59)(H,54,62)(H,60,61);;;/q;2*-2;+7/p-3/b55-29-,56-30-;;;/i;;;1+1. The van der Waals surface area contributed by atoms with Gasteiger partial charge in [-0.2, -0.15) is 0 Å². The number of hydrogen-bond acceptors (Lipinski definition) is 14. The van der Waals surface area contributed by atoms with Crippen molar-refractivity contribution in [1.82, 2.24) is 36.9 Å². The molecular formula is C44H65Cl2N10O10Tc. The normalized spacial score (nSPS) is 13.0. The van der Waals surface area contributed by atoms with E-state index in [0.717, 1.165) is 12.8 Å². The van der Waals surface area contributed by atoms with Crippen molar-refractivity contribution in [1.29, 1.82) is 0 Å². The van der Waals surface area contributed by atoms with Gasteiger partial charge in [0.1, 0.15) is 11.9 Å². The molecule has 372 valence electrons. The van der Waals surface area contributed by atoms with Crippen molar-refractivity contribution < 1.29 is 60.1 Å². The predicted molar refractivity (Wildman–Crippen MR) is 251 cm³/mol. The van der Waals surface area contributed by atoms with E-state index in [9.17, 15) is 39.5 Å². The van der Waals surface area contributed by atoms with Crippen LogP contribution in [0.3, 0.4) is 0 Å². The molecule has 1 aromatic carbocycles. The van der Waals surface area contributed by atoms with Crippen LogP contribution < -0.4 is 42.3 Å². The Labute approximate surface area is 417 Å². The summed E-state index contributed by atoms with van der Waals surface area (Å²) in [5.74, 6) is -2.51. The molecule has 7 N–H and O–H groups in total. The Bertz CT molecular complexity index is 1820. The summed E-state index contributed by atoms with van der Waals surface area (Å²) >= 11 is 12.3. The number of carbonyl (C=O) groups is 5. The molecule has 0 aliphatic carbocycles. The van der Waals surface area contributed by atoms with Gasteiger partial charge in [0.25, 0.3) is 0 Å². The number of hydrogen-bond donors (Lipinski definition) is 7. The number of nitrogens with one attached hydrogen (secondary N) is 7. The maximum absolute atomic E-state index is 13.6. The van der Waals surface area contributed by atoms with Crippen LogP contribution in [-0.4, -0.2) is 95.8 Å². The van der Waals surface area contributed by atoms with Crippen LogP contribution in [0.1, 0.15) is 117 Å². The molecule has 2 atom stereocenters. The fourth-order valence-corrected chi connectivity index (χ4v) is 6.89. The Morgan fingerprint density at radius 2 is 1.25 bits per heavy atom. The fourth-order valence-electron chi connectivity index (χ4n) is 6.35. The Morgan fingerprint density at radius 1 is 0.716 bits per heavy atom. The van der Waals surface area contributed by atoms with Crippen LogP contribution in [0.15, 0.2) is 52.9 Å². The molecule has 0 spiro atoms. The molecule has 0 aliphatic rings. The Kier molecular flexibility index (Phi) is 32.7. The molecule has 0 aliphatic heterocycles. The van der Waals surface area contributed by atoms with Crippen LogP contribution in [0, 0.1) is 16.3 Å². The van der Waals surface area contributed by atoms with Crippen LogP contribution in [0.5, 0.6) is 0 Å². The molecule has 1 heterocycles. The summed E-state index contributed by atoms with van der Waals surface area (Å²) in [4.78, 5) is 68.3. The van der Waals surface area contributed by atoms with Crippen LogP contribution in [0.2, 0.25) is 10.0 Å². The van der Waals surface area contributed by atoms with Crippen LogP contribution >= 0.6 is 23.2 Å². The minimum absolute atomic E-state index is 0. The monoisotopic (exact) mass is 1060 g/mol. The third-order valence-corrected chi connectivity index (χ3v) is 11.4. The van der Waals surface area contributed by atoms with E-state index in [-0.39, 0.29) is 85.2 Å². The number of amides is 4. The molecule has 0 saturated heterocycles. The van der Waals surface area contributed by atoms with Gasteiger partial charge in [-0.3, -0.25) is 19.2 Å². The Hall–Kier alpha value is -4.47. The SMILES string of the molecule is C/C(=N/[O-])C(C)(C)NCCC(CCNC(=O)CCCC(=O)NCC(NC(=O)CCCCNc1ccccn1)C(=O)NC(CC(=O)[O-])c1cc(Cl)cc(Cl)c1)CCNC(C)(C)/C(C)=N\[O-].[99Tc+7].[O-2].[O-2]. The van der Waals surface area contributed by atoms with Crippen LogP contribution in [0.25, 0.3) is 0 Å². The van der Waals surface area contributed by atoms with E-state index in [1.807, 2.05) is 39.8 Å². The zero-order valence-corrected chi connectivity index (χ0v) is 42.3. The van der Waals surface area contributed by atoms with E-state index in [1.54, 1.807) is 26.1 Å². The first-order valence-electron chi connectivity index (χ1n) is 21.5. The number of anilines is 1. The molecule has 0 saturated carbocycles. The van der Waals surface area contributed by atoms with Crippen LogP contribution in [0.4, 0.5) is 5.82 Å². The number of rotatable bonds is 31. The van der Waals surface area contributed by atoms with Crippen LogP contribution in [-0.2, 0) is 55.0 Å². The van der Waals surface area contributed by atoms with Gasteiger partial charge in [0.15, 0.2) is 0 Å². The largest absolute Gasteiger partial charge is 7.00 e. The minimum Gasteiger partial charge on any atom is -2.00 e. The number of benzene rings is 1. The summed E-state index contributed by atoms with van der Waals surface area (Å²) in [5, 5.41) is 61.2. The van der Waals surface area contributed by atoms with Crippen molar-refractivity contribution in [2.24, 2.45) is 16.2 Å². The number of pyridine rings is 1. The zero-order chi connectivity index (χ0) is 47.7. The van der Waals surface area contributed by atoms with Gasteiger partial charge in [0, 0.05) is 79.0 Å². The summed E-state index contributed by atoms with van der Waals surface area (Å²) in [6.07, 6.45) is 4.60. The zero-order valence-electron chi connectivity index (χ0n) is 38.9. The summed E-state index contributed by atoms with van der Waals surface area (Å²) in [7, 11) is 0. The van der Waals surface area contributed by atoms with Crippen molar-refractivity contribution in [2.75, 3.05) is 38.0 Å². The molecule has 0 radical (unpaired) electrons. The maximum atomic E-state index is 13.6. The molecule has 4 amide bonds. The summed E-state index contributed by atoms with van der Waals surface area (Å²) in [6, 6.07) is 7.43. The third-order valence-electron chi connectivity index (χ3n) is 10.9. The molecule has 1 aromatic heterocycles. The van der Waals surface area contributed by atoms with E-state index in [1.165, 1.54) is 18.2 Å². The number of aliphatic carboxylic acids is 1. The summed E-state index contributed by atoms with van der Waals surface area (Å²) in [6.45, 7) is 12.7. The Balaban J connectivity index is 0. The van der Waals surface area contributed by atoms with Gasteiger partial charge in [0.2, 0.25) is 23.6 Å². The molecule has 2 aromatic rings. The predicted octanol–water partition coefficient (Wildman–Crippen LogP) is 4.06. The number of nitrogens with zero attached hydrogens (tertiary/aromatic N) is 3. The van der Waals surface area contributed by atoms with Crippen molar-refractivity contribution in [3.63, 3.8) is 0 Å². The summed E-state index contributed by atoms with van der Waals surface area (Å²) in [5.41, 5.74) is 0.0168. The number of carboxylic acid groups (broad SMARTS) is 1. The van der Waals surface area contributed by atoms with Gasteiger partial charge in [-0.05, 0) is 135 Å². The summed E-state index contributed by atoms with van der Waals surface area (Å²) < 4.78 is 0. The van der Waals surface area contributed by atoms with E-state index in [4.69, 9.17) is 23.2 Å². The van der Waals surface area contributed by atoms with E-state index in [0.29, 0.717) is 68.2 Å². The molecule has 20 nitrogen and oxygen atoms in total. The number of halogens is 2. The minimum atomic E-state index is -1.45. The Morgan fingerprint density at radius 3 is 1.78 bits per heavy atom.